The van der Waals surface area contributed by atoms with Gasteiger partial charge in [-0.25, -0.2) is 0 Å². The summed E-state index contributed by atoms with van der Waals surface area (Å²) in [6.07, 6.45) is 3.73. The van der Waals surface area contributed by atoms with Crippen molar-refractivity contribution in [1.82, 2.24) is 10.3 Å². The van der Waals surface area contributed by atoms with Crippen LogP contribution in [0.4, 0.5) is 11.8 Å². The Kier molecular flexibility index (Phi) is 7.84. The summed E-state index contributed by atoms with van der Waals surface area (Å²) in [5.41, 5.74) is 3.44. The molecule has 4 rings (SSSR count). The third-order valence-electron chi connectivity index (χ3n) is 5.17. The molecule has 0 aliphatic carbocycles. The quantitative estimate of drug-likeness (QED) is 0.318. The van der Waals surface area contributed by atoms with E-state index in [2.05, 4.69) is 20.9 Å². The lowest BCUT2D eigenvalue weighted by Crippen LogP contribution is -2.13. The number of nitrogens with zero attached hydrogens (tertiary/aromatic N) is 2. The number of aryl methyl sites for hydroxylation is 2. The van der Waals surface area contributed by atoms with Gasteiger partial charge in [-0.05, 0) is 36.8 Å². The monoisotopic (exact) mass is 458 g/mol. The Hall–Kier alpha value is -4.20. The first-order valence-electron chi connectivity index (χ1n) is 11.2. The van der Waals surface area contributed by atoms with Gasteiger partial charge in [0.25, 0.3) is 0 Å². The van der Waals surface area contributed by atoms with Crippen LogP contribution < -0.4 is 10.6 Å². The molecule has 0 aliphatic heterocycles. The molecule has 2 aromatic carbocycles. The summed E-state index contributed by atoms with van der Waals surface area (Å²) in [6.45, 7) is 0. The van der Waals surface area contributed by atoms with E-state index in [0.29, 0.717) is 11.8 Å². The van der Waals surface area contributed by atoms with E-state index in [0.717, 1.165) is 48.2 Å². The molecule has 8 heteroatoms. The predicted octanol–water partition coefficient (Wildman–Crippen LogP) is 4.59. The summed E-state index contributed by atoms with van der Waals surface area (Å²) in [7, 11) is 0. The van der Waals surface area contributed by atoms with Gasteiger partial charge in [-0.1, -0.05) is 71.0 Å². The van der Waals surface area contributed by atoms with Crippen LogP contribution in [0.1, 0.15) is 35.4 Å². The van der Waals surface area contributed by atoms with Crippen LogP contribution in [-0.4, -0.2) is 22.1 Å². The first-order chi connectivity index (χ1) is 16.6. The number of unbranched alkanes of at least 4 members (excludes halogenated alkanes) is 1. The first kappa shape index (κ1) is 23.0. The van der Waals surface area contributed by atoms with Crippen molar-refractivity contribution in [1.29, 1.82) is 0 Å². The Morgan fingerprint density at radius 2 is 1.06 bits per heavy atom. The van der Waals surface area contributed by atoms with Crippen molar-refractivity contribution in [2.75, 3.05) is 10.6 Å². The topological polar surface area (TPSA) is 110 Å². The number of benzene rings is 2. The maximum atomic E-state index is 12.1. The number of hydrogen-bond donors (Lipinski definition) is 2. The molecular weight excluding hydrogens is 432 g/mol. The number of amides is 2. The second-order valence-electron chi connectivity index (χ2n) is 7.99. The van der Waals surface area contributed by atoms with Gasteiger partial charge in [0, 0.05) is 12.1 Å². The number of carbonyl (C=O) groups excluding carboxylic acids is 2. The highest BCUT2D eigenvalue weighted by Crippen LogP contribution is 2.16. The molecule has 2 aromatic heterocycles. The zero-order chi connectivity index (χ0) is 23.6. The van der Waals surface area contributed by atoms with Crippen molar-refractivity contribution in [3.05, 3.63) is 95.3 Å². The van der Waals surface area contributed by atoms with Crippen molar-refractivity contribution in [2.24, 2.45) is 0 Å². The fraction of sp³-hybridized carbons (Fsp3) is 0.231. The number of carbonyl (C=O) groups is 2. The van der Waals surface area contributed by atoms with Crippen molar-refractivity contribution in [3.8, 4) is 0 Å². The number of aromatic nitrogens is 2. The molecule has 2 heterocycles. The molecule has 0 saturated heterocycles. The Balaban J connectivity index is 1.15. The average Bonchev–Trinajstić information content (AvgIpc) is 3.47. The Labute approximate surface area is 197 Å². The molecule has 2 N–H and O–H groups in total. The van der Waals surface area contributed by atoms with Crippen LogP contribution in [-0.2, 0) is 35.3 Å². The lowest BCUT2D eigenvalue weighted by molar-refractivity contribution is -0.116. The zero-order valence-corrected chi connectivity index (χ0v) is 18.7. The van der Waals surface area contributed by atoms with E-state index in [4.69, 9.17) is 9.05 Å². The molecule has 174 valence electrons. The maximum Gasteiger partial charge on any atom is 0.231 e. The highest BCUT2D eigenvalue weighted by atomic mass is 16.5. The summed E-state index contributed by atoms with van der Waals surface area (Å²) in [5, 5.41) is 13.5. The van der Waals surface area contributed by atoms with Crippen molar-refractivity contribution in [3.63, 3.8) is 0 Å². The maximum absolute atomic E-state index is 12.1. The van der Waals surface area contributed by atoms with Gasteiger partial charge in [-0.3, -0.25) is 20.2 Å². The standard InChI is InChI=1S/C26H26N4O4/c31-23(15-19-9-3-1-4-10-19)27-25-17-21(29-33-25)13-7-8-14-22-18-26(34-30-22)28-24(32)16-20-11-5-2-6-12-20/h1-6,9-12,17-18H,7-8,13-16H2,(H,27,31)(H,28,32). The van der Waals surface area contributed by atoms with Crippen LogP contribution in [0.5, 0.6) is 0 Å². The summed E-state index contributed by atoms with van der Waals surface area (Å²) in [4.78, 5) is 24.3. The molecule has 0 bridgehead atoms. The van der Waals surface area contributed by atoms with Crippen molar-refractivity contribution >= 4 is 23.6 Å². The summed E-state index contributed by atoms with van der Waals surface area (Å²) < 4.78 is 10.4. The molecule has 4 aromatic rings. The SMILES string of the molecule is O=C(Cc1ccccc1)Nc1cc(CCCCc2cc(NC(=O)Cc3ccccc3)on2)no1. The summed E-state index contributed by atoms with van der Waals surface area (Å²) in [6, 6.07) is 22.5. The molecule has 0 aliphatic rings. The van der Waals surface area contributed by atoms with E-state index in [1.165, 1.54) is 0 Å². The van der Waals surface area contributed by atoms with Crippen LogP contribution in [0.2, 0.25) is 0 Å². The molecule has 2 amide bonds. The second-order valence-corrected chi connectivity index (χ2v) is 7.99. The Bertz CT molecular complexity index is 1110. The van der Waals surface area contributed by atoms with Gasteiger partial charge in [-0.2, -0.15) is 0 Å². The van der Waals surface area contributed by atoms with Crippen molar-refractivity contribution < 1.29 is 18.6 Å². The van der Waals surface area contributed by atoms with Gasteiger partial charge >= 0.3 is 0 Å². The number of hydrogen-bond acceptors (Lipinski definition) is 6. The Morgan fingerprint density at radius 3 is 1.47 bits per heavy atom. The highest BCUT2D eigenvalue weighted by molar-refractivity contribution is 5.91. The van der Waals surface area contributed by atoms with Crippen LogP contribution >= 0.6 is 0 Å². The van der Waals surface area contributed by atoms with Gasteiger partial charge in [-0.15, -0.1) is 0 Å². The zero-order valence-electron chi connectivity index (χ0n) is 18.7. The van der Waals surface area contributed by atoms with Gasteiger partial charge in [0.15, 0.2) is 0 Å². The molecule has 0 atom stereocenters. The first-order valence-corrected chi connectivity index (χ1v) is 11.2. The number of nitrogens with one attached hydrogen (secondary N) is 2. The predicted molar refractivity (Wildman–Crippen MR) is 127 cm³/mol. The Morgan fingerprint density at radius 1 is 0.647 bits per heavy atom. The molecular formula is C26H26N4O4. The van der Waals surface area contributed by atoms with Gasteiger partial charge < -0.3 is 9.05 Å². The molecule has 34 heavy (non-hydrogen) atoms. The molecule has 0 spiro atoms. The average molecular weight is 459 g/mol. The van der Waals surface area contributed by atoms with Crippen LogP contribution in [0.25, 0.3) is 0 Å². The molecule has 8 nitrogen and oxygen atoms in total. The summed E-state index contributed by atoms with van der Waals surface area (Å²) in [5.74, 6) is 0.407. The van der Waals surface area contributed by atoms with E-state index in [9.17, 15) is 9.59 Å². The lowest BCUT2D eigenvalue weighted by Gasteiger charge is -2.00. The van der Waals surface area contributed by atoms with Crippen molar-refractivity contribution in [2.45, 2.75) is 38.5 Å². The van der Waals surface area contributed by atoms with E-state index < -0.39 is 0 Å². The molecule has 0 fully saturated rings. The number of rotatable bonds is 11. The third kappa shape index (κ3) is 7.16. The van der Waals surface area contributed by atoms with Crippen LogP contribution in [0.3, 0.4) is 0 Å². The fourth-order valence-electron chi connectivity index (χ4n) is 3.52. The number of anilines is 2. The minimum Gasteiger partial charge on any atom is -0.338 e. The van der Waals surface area contributed by atoms with Gasteiger partial charge in [0.1, 0.15) is 0 Å². The van der Waals surface area contributed by atoms with E-state index in [1.807, 2.05) is 60.7 Å². The van der Waals surface area contributed by atoms with E-state index in [-0.39, 0.29) is 24.7 Å². The molecule has 0 saturated carbocycles. The molecule has 0 radical (unpaired) electrons. The molecule has 0 unspecified atom stereocenters. The summed E-state index contributed by atoms with van der Waals surface area (Å²) >= 11 is 0. The second kappa shape index (κ2) is 11.6. The lowest BCUT2D eigenvalue weighted by atomic mass is 10.1. The smallest absolute Gasteiger partial charge is 0.231 e. The minimum atomic E-state index is -0.147. The van der Waals surface area contributed by atoms with E-state index in [1.54, 1.807) is 12.1 Å². The van der Waals surface area contributed by atoms with Crippen LogP contribution in [0.15, 0.2) is 81.8 Å². The third-order valence-corrected chi connectivity index (χ3v) is 5.17. The highest BCUT2D eigenvalue weighted by Gasteiger charge is 2.11. The van der Waals surface area contributed by atoms with Gasteiger partial charge in [0.2, 0.25) is 23.6 Å². The van der Waals surface area contributed by atoms with Gasteiger partial charge in [0.05, 0.1) is 24.2 Å². The largest absolute Gasteiger partial charge is 0.338 e. The minimum absolute atomic E-state index is 0.147. The normalized spacial score (nSPS) is 10.7. The fourth-order valence-corrected chi connectivity index (χ4v) is 3.52. The van der Waals surface area contributed by atoms with Crippen LogP contribution in [0, 0.1) is 0 Å². The van der Waals surface area contributed by atoms with E-state index >= 15 is 0 Å².